The van der Waals surface area contributed by atoms with E-state index >= 15 is 0 Å². The smallest absolute Gasteiger partial charge is 0.379 e. The first-order valence-corrected chi connectivity index (χ1v) is 8.82. The van der Waals surface area contributed by atoms with Crippen molar-refractivity contribution in [3.8, 4) is 0 Å². The number of carbonyl (C=O) groups excluding carboxylic acids is 1. The van der Waals surface area contributed by atoms with Gasteiger partial charge in [0.05, 0.1) is 23.4 Å². The Hall–Kier alpha value is -1.13. The molecule has 1 aromatic rings. The maximum Gasteiger partial charge on any atom is 0.436 e. The molecular weight excluding hydrogens is 405 g/mol. The fraction of sp³-hybridized carbons (Fsp3) is 0.733. The van der Waals surface area contributed by atoms with Gasteiger partial charge in [0, 0.05) is 25.7 Å². The molecule has 1 saturated heterocycles. The van der Waals surface area contributed by atoms with Crippen LogP contribution in [0.15, 0.2) is 4.47 Å². The zero-order valence-corrected chi connectivity index (χ0v) is 15.9. The van der Waals surface area contributed by atoms with E-state index in [1.807, 2.05) is 6.92 Å². The number of alkyl halides is 3. The number of ether oxygens (including phenoxy) is 1. The lowest BCUT2D eigenvalue weighted by Crippen LogP contribution is -2.47. The molecule has 1 fully saturated rings. The van der Waals surface area contributed by atoms with Crippen LogP contribution >= 0.6 is 15.9 Å². The van der Waals surface area contributed by atoms with Crippen molar-refractivity contribution < 1.29 is 22.7 Å². The van der Waals surface area contributed by atoms with E-state index in [-0.39, 0.29) is 22.1 Å². The second-order valence-corrected chi connectivity index (χ2v) is 6.98. The van der Waals surface area contributed by atoms with Gasteiger partial charge in [-0.25, -0.2) is 0 Å². The molecular formula is C15H22BrF3N4O2. The number of carbonyl (C=O) groups is 1. The van der Waals surface area contributed by atoms with Gasteiger partial charge in [-0.15, -0.1) is 0 Å². The predicted molar refractivity (Wildman–Crippen MR) is 89.2 cm³/mol. The largest absolute Gasteiger partial charge is 0.436 e. The zero-order chi connectivity index (χ0) is 18.8. The third kappa shape index (κ3) is 4.95. The van der Waals surface area contributed by atoms with Crippen LogP contribution in [-0.4, -0.2) is 59.5 Å². The van der Waals surface area contributed by atoms with Gasteiger partial charge in [0.25, 0.3) is 0 Å². The van der Waals surface area contributed by atoms with Crippen molar-refractivity contribution in [2.24, 2.45) is 0 Å². The zero-order valence-electron chi connectivity index (χ0n) is 14.4. The minimum Gasteiger partial charge on any atom is -0.379 e. The van der Waals surface area contributed by atoms with Crippen molar-refractivity contribution in [2.45, 2.75) is 39.0 Å². The van der Waals surface area contributed by atoms with E-state index in [0.717, 1.165) is 17.8 Å². The molecule has 0 saturated carbocycles. The highest BCUT2D eigenvalue weighted by molar-refractivity contribution is 9.10. The summed E-state index contributed by atoms with van der Waals surface area (Å²) in [6, 6.07) is -0.978. The molecule has 10 heteroatoms. The number of nitrogens with one attached hydrogen (secondary N) is 1. The van der Waals surface area contributed by atoms with Crippen molar-refractivity contribution >= 4 is 21.8 Å². The lowest BCUT2D eigenvalue weighted by molar-refractivity contribution is -0.142. The van der Waals surface area contributed by atoms with Gasteiger partial charge in [0.15, 0.2) is 5.69 Å². The fourth-order valence-electron chi connectivity index (χ4n) is 2.75. The summed E-state index contributed by atoms with van der Waals surface area (Å²) in [5.41, 5.74) is -0.762. The quantitative estimate of drug-likeness (QED) is 0.784. The highest BCUT2D eigenvalue weighted by atomic mass is 79.9. The number of aromatic nitrogens is 2. The molecule has 1 aliphatic heterocycles. The van der Waals surface area contributed by atoms with E-state index in [4.69, 9.17) is 4.74 Å². The SMILES string of the molecule is Cc1c(Br)c(C(F)(F)F)nn1[C@@H](C)C(=O)N[C@H](C)CN1CCOCC1. The molecule has 25 heavy (non-hydrogen) atoms. The monoisotopic (exact) mass is 426 g/mol. The molecule has 0 unspecified atom stereocenters. The average Bonchev–Trinajstić information content (AvgIpc) is 2.83. The first-order chi connectivity index (χ1) is 11.6. The van der Waals surface area contributed by atoms with E-state index in [9.17, 15) is 18.0 Å². The Labute approximate surface area is 152 Å². The summed E-state index contributed by atoms with van der Waals surface area (Å²) >= 11 is 2.92. The van der Waals surface area contributed by atoms with Crippen LogP contribution in [-0.2, 0) is 15.7 Å². The van der Waals surface area contributed by atoms with E-state index in [2.05, 4.69) is 31.2 Å². The summed E-state index contributed by atoms with van der Waals surface area (Å²) in [5, 5.41) is 6.42. The molecule has 2 heterocycles. The third-order valence-electron chi connectivity index (χ3n) is 4.12. The average molecular weight is 427 g/mol. The molecule has 0 bridgehead atoms. The molecule has 1 N–H and O–H groups in total. The predicted octanol–water partition coefficient (Wildman–Crippen LogP) is 2.37. The second kappa shape index (κ2) is 8.05. The Balaban J connectivity index is 2.02. The van der Waals surface area contributed by atoms with Crippen LogP contribution in [0.4, 0.5) is 13.2 Å². The summed E-state index contributed by atoms with van der Waals surface area (Å²) in [6.07, 6.45) is -4.57. The number of rotatable bonds is 5. The van der Waals surface area contributed by atoms with Gasteiger partial charge in [-0.2, -0.15) is 18.3 Å². The Bertz CT molecular complexity index is 615. The molecule has 0 spiro atoms. The highest BCUT2D eigenvalue weighted by Gasteiger charge is 2.39. The number of halogens is 4. The van der Waals surface area contributed by atoms with Crippen molar-refractivity contribution in [1.82, 2.24) is 20.0 Å². The van der Waals surface area contributed by atoms with Gasteiger partial charge in [-0.05, 0) is 36.7 Å². The lowest BCUT2D eigenvalue weighted by atomic mass is 10.2. The van der Waals surface area contributed by atoms with Gasteiger partial charge in [-0.1, -0.05) is 0 Å². The summed E-state index contributed by atoms with van der Waals surface area (Å²) in [4.78, 5) is 14.6. The summed E-state index contributed by atoms with van der Waals surface area (Å²) < 4.78 is 45.1. The lowest BCUT2D eigenvalue weighted by Gasteiger charge is -2.29. The standard InChI is InChI=1S/C15H22BrF3N4O2/c1-9(8-22-4-6-25-7-5-22)20-14(24)11(3)23-10(2)12(16)13(21-23)15(17,18)19/h9,11H,4-8H2,1-3H3,(H,20,24)/t9-,11+/m1/s1. The van der Waals surface area contributed by atoms with Crippen LogP contribution in [0.5, 0.6) is 0 Å². The van der Waals surface area contributed by atoms with Crippen molar-refractivity contribution in [3.05, 3.63) is 15.9 Å². The normalized spacial score (nSPS) is 18.8. The van der Waals surface area contributed by atoms with Crippen molar-refractivity contribution in [2.75, 3.05) is 32.8 Å². The number of morpholine rings is 1. The summed E-state index contributed by atoms with van der Waals surface area (Å²) in [6.45, 7) is 8.49. The number of hydrogen-bond donors (Lipinski definition) is 1. The van der Waals surface area contributed by atoms with Crippen LogP contribution in [0.3, 0.4) is 0 Å². The molecule has 0 radical (unpaired) electrons. The second-order valence-electron chi connectivity index (χ2n) is 6.19. The number of nitrogens with zero attached hydrogens (tertiary/aromatic N) is 3. The van der Waals surface area contributed by atoms with Crippen molar-refractivity contribution in [1.29, 1.82) is 0 Å². The first kappa shape index (κ1) is 20.2. The first-order valence-electron chi connectivity index (χ1n) is 8.03. The molecule has 6 nitrogen and oxygen atoms in total. The van der Waals surface area contributed by atoms with Crippen LogP contribution in [0, 0.1) is 6.92 Å². The highest BCUT2D eigenvalue weighted by Crippen LogP contribution is 2.36. The van der Waals surface area contributed by atoms with Crippen LogP contribution < -0.4 is 5.32 Å². The van der Waals surface area contributed by atoms with Crippen LogP contribution in [0.25, 0.3) is 0 Å². The molecule has 0 aliphatic carbocycles. The van der Waals surface area contributed by atoms with Gasteiger partial charge >= 0.3 is 6.18 Å². The molecule has 2 rings (SSSR count). The molecule has 1 amide bonds. The maximum atomic E-state index is 13.0. The number of hydrogen-bond acceptors (Lipinski definition) is 4. The summed E-state index contributed by atoms with van der Waals surface area (Å²) in [5.74, 6) is -0.368. The topological polar surface area (TPSA) is 59.4 Å². The Kier molecular flexibility index (Phi) is 6.50. The molecule has 1 aliphatic rings. The molecule has 1 aromatic heterocycles. The van der Waals surface area contributed by atoms with Crippen LogP contribution in [0.1, 0.15) is 31.3 Å². The Morgan fingerprint density at radius 1 is 1.36 bits per heavy atom. The van der Waals surface area contributed by atoms with E-state index in [0.29, 0.717) is 19.8 Å². The van der Waals surface area contributed by atoms with Gasteiger partial charge in [-0.3, -0.25) is 14.4 Å². The van der Waals surface area contributed by atoms with Gasteiger partial charge in [0.1, 0.15) is 6.04 Å². The maximum absolute atomic E-state index is 13.0. The molecule has 2 atom stereocenters. The Morgan fingerprint density at radius 3 is 2.48 bits per heavy atom. The fourth-order valence-corrected chi connectivity index (χ4v) is 3.23. The third-order valence-corrected chi connectivity index (χ3v) is 5.07. The Morgan fingerprint density at radius 2 is 1.96 bits per heavy atom. The minimum atomic E-state index is -4.57. The van der Waals surface area contributed by atoms with Crippen LogP contribution in [0.2, 0.25) is 0 Å². The van der Waals surface area contributed by atoms with E-state index in [1.54, 1.807) is 0 Å². The molecule has 0 aromatic carbocycles. The van der Waals surface area contributed by atoms with E-state index in [1.165, 1.54) is 13.8 Å². The van der Waals surface area contributed by atoms with Crippen molar-refractivity contribution in [3.63, 3.8) is 0 Å². The van der Waals surface area contributed by atoms with E-state index < -0.39 is 17.9 Å². The minimum absolute atomic E-state index is 0.130. The van der Waals surface area contributed by atoms with Gasteiger partial charge in [0.2, 0.25) is 5.91 Å². The van der Waals surface area contributed by atoms with Gasteiger partial charge < -0.3 is 10.1 Å². The molecule has 142 valence electrons. The summed E-state index contributed by atoms with van der Waals surface area (Å²) in [7, 11) is 0. The number of amides is 1.